The SMILES string of the molecule is CCOC(=O)c1csc(CNC(=O)Cc2c(C)nc(CC(C)C)c(CN)c2-c2ccc(C)cc2)n1.Cl.Cl. The zero-order valence-corrected chi connectivity index (χ0v) is 24.4. The normalized spacial score (nSPS) is 10.5. The van der Waals surface area contributed by atoms with Gasteiger partial charge in [-0.2, -0.15) is 0 Å². The van der Waals surface area contributed by atoms with E-state index in [9.17, 15) is 9.59 Å². The molecule has 37 heavy (non-hydrogen) atoms. The molecule has 0 aliphatic rings. The van der Waals surface area contributed by atoms with Crippen LogP contribution in [0.3, 0.4) is 0 Å². The predicted octanol–water partition coefficient (Wildman–Crippen LogP) is 5.36. The number of carbonyl (C=O) groups excluding carboxylic acids is 2. The van der Waals surface area contributed by atoms with Gasteiger partial charge in [0.15, 0.2) is 5.69 Å². The van der Waals surface area contributed by atoms with Gasteiger partial charge in [0, 0.05) is 23.3 Å². The fourth-order valence-corrected chi connectivity index (χ4v) is 4.70. The molecule has 0 spiro atoms. The highest BCUT2D eigenvalue weighted by Gasteiger charge is 2.21. The van der Waals surface area contributed by atoms with Crippen LogP contribution in [0.4, 0.5) is 0 Å². The van der Waals surface area contributed by atoms with Crippen molar-refractivity contribution in [3.63, 3.8) is 0 Å². The maximum Gasteiger partial charge on any atom is 0.357 e. The number of carbonyl (C=O) groups is 2. The molecule has 0 saturated carbocycles. The summed E-state index contributed by atoms with van der Waals surface area (Å²) in [6, 6.07) is 8.30. The van der Waals surface area contributed by atoms with Crippen molar-refractivity contribution < 1.29 is 14.3 Å². The van der Waals surface area contributed by atoms with Gasteiger partial charge in [-0.05, 0) is 55.4 Å². The van der Waals surface area contributed by atoms with Gasteiger partial charge in [0.05, 0.1) is 19.6 Å². The summed E-state index contributed by atoms with van der Waals surface area (Å²) < 4.78 is 4.98. The number of nitrogens with zero attached hydrogens (tertiary/aromatic N) is 2. The molecule has 1 amide bonds. The van der Waals surface area contributed by atoms with Crippen molar-refractivity contribution in [3.05, 3.63) is 68.4 Å². The molecule has 10 heteroatoms. The molecule has 0 bridgehead atoms. The maximum atomic E-state index is 13.0. The standard InChI is InChI=1S/C27H34N4O3S.2ClH/c1-6-34-27(33)23-15-35-25(31-23)14-29-24(32)12-20-18(5)30-22(11-16(2)3)21(13-28)26(20)19-9-7-17(4)8-10-19;;/h7-10,15-16H,6,11-14,28H2,1-5H3,(H,29,32);2*1H. The molecule has 0 unspecified atom stereocenters. The Hall–Kier alpha value is -2.52. The molecular weight excluding hydrogens is 531 g/mol. The number of amides is 1. The first-order chi connectivity index (χ1) is 16.7. The number of rotatable bonds is 10. The smallest absolute Gasteiger partial charge is 0.357 e. The summed E-state index contributed by atoms with van der Waals surface area (Å²) in [5, 5.41) is 5.22. The number of aryl methyl sites for hydroxylation is 2. The van der Waals surface area contributed by atoms with Gasteiger partial charge < -0.3 is 15.8 Å². The fourth-order valence-electron chi connectivity index (χ4n) is 3.99. The molecule has 3 N–H and O–H groups in total. The molecular formula is C27H36Cl2N4O3S. The van der Waals surface area contributed by atoms with Crippen molar-refractivity contribution in [3.8, 4) is 11.1 Å². The van der Waals surface area contributed by atoms with Crippen LogP contribution in [-0.2, 0) is 35.5 Å². The summed E-state index contributed by atoms with van der Waals surface area (Å²) >= 11 is 1.31. The van der Waals surface area contributed by atoms with E-state index < -0.39 is 5.97 Å². The van der Waals surface area contributed by atoms with Gasteiger partial charge in [-0.3, -0.25) is 9.78 Å². The largest absolute Gasteiger partial charge is 0.461 e. The Morgan fingerprint density at radius 2 is 1.76 bits per heavy atom. The minimum absolute atomic E-state index is 0. The summed E-state index contributed by atoms with van der Waals surface area (Å²) in [5.74, 6) is -0.165. The Balaban J connectivity index is 0.00000342. The van der Waals surface area contributed by atoms with Crippen LogP contribution >= 0.6 is 36.2 Å². The molecule has 0 atom stereocenters. The average Bonchev–Trinajstić information content (AvgIpc) is 3.29. The summed E-state index contributed by atoms with van der Waals surface area (Å²) in [6.45, 7) is 11.0. The van der Waals surface area contributed by atoms with Crippen LogP contribution in [-0.4, -0.2) is 28.5 Å². The Kier molecular flexibility index (Phi) is 13.2. The number of esters is 1. The Morgan fingerprint density at radius 3 is 2.35 bits per heavy atom. The molecule has 3 aromatic rings. The lowest BCUT2D eigenvalue weighted by Gasteiger charge is -2.21. The molecule has 0 saturated heterocycles. The fraction of sp³-hybridized carbons (Fsp3) is 0.407. The van der Waals surface area contributed by atoms with E-state index >= 15 is 0 Å². The number of benzene rings is 1. The van der Waals surface area contributed by atoms with Crippen LogP contribution in [0, 0.1) is 19.8 Å². The first-order valence-electron chi connectivity index (χ1n) is 11.9. The van der Waals surface area contributed by atoms with E-state index in [4.69, 9.17) is 15.5 Å². The first-order valence-corrected chi connectivity index (χ1v) is 12.8. The van der Waals surface area contributed by atoms with Crippen molar-refractivity contribution in [2.45, 2.75) is 60.5 Å². The minimum atomic E-state index is -0.457. The molecule has 2 heterocycles. The number of hydrogen-bond acceptors (Lipinski definition) is 7. The van der Waals surface area contributed by atoms with E-state index in [0.717, 1.165) is 40.1 Å². The molecule has 0 aliphatic carbocycles. The Labute approximate surface area is 235 Å². The van der Waals surface area contributed by atoms with Gasteiger partial charge in [0.1, 0.15) is 5.01 Å². The summed E-state index contributed by atoms with van der Waals surface area (Å²) in [5.41, 5.74) is 13.4. The van der Waals surface area contributed by atoms with Gasteiger partial charge in [0.25, 0.3) is 0 Å². The summed E-state index contributed by atoms with van der Waals surface area (Å²) in [6.07, 6.45) is 0.999. The van der Waals surface area contributed by atoms with Gasteiger partial charge in [-0.25, -0.2) is 9.78 Å². The first kappa shape index (κ1) is 32.5. The molecule has 3 rings (SSSR count). The van der Waals surface area contributed by atoms with Gasteiger partial charge in [-0.15, -0.1) is 36.2 Å². The number of thiazole rings is 1. The molecule has 7 nitrogen and oxygen atoms in total. The average molecular weight is 568 g/mol. The van der Waals surface area contributed by atoms with Crippen molar-refractivity contribution in [2.24, 2.45) is 11.7 Å². The highest BCUT2D eigenvalue weighted by atomic mass is 35.5. The monoisotopic (exact) mass is 566 g/mol. The van der Waals surface area contributed by atoms with E-state index in [-0.39, 0.29) is 49.4 Å². The third kappa shape index (κ3) is 8.50. The molecule has 0 fully saturated rings. The quantitative estimate of drug-likeness (QED) is 0.320. The number of aromatic nitrogens is 2. The second kappa shape index (κ2) is 15.0. The van der Waals surface area contributed by atoms with Gasteiger partial charge in [-0.1, -0.05) is 43.7 Å². The second-order valence-corrected chi connectivity index (χ2v) is 9.89. The third-order valence-electron chi connectivity index (χ3n) is 5.65. The lowest BCUT2D eigenvalue weighted by Crippen LogP contribution is -2.26. The van der Waals surface area contributed by atoms with Crippen LogP contribution in [0.5, 0.6) is 0 Å². The van der Waals surface area contributed by atoms with E-state index in [2.05, 4.69) is 55.3 Å². The van der Waals surface area contributed by atoms with Crippen molar-refractivity contribution in [2.75, 3.05) is 6.61 Å². The number of nitrogens with one attached hydrogen (secondary N) is 1. The number of pyridine rings is 1. The van der Waals surface area contributed by atoms with Crippen molar-refractivity contribution >= 4 is 48.0 Å². The van der Waals surface area contributed by atoms with E-state index in [1.807, 2.05) is 6.92 Å². The summed E-state index contributed by atoms with van der Waals surface area (Å²) in [7, 11) is 0. The highest BCUT2D eigenvalue weighted by Crippen LogP contribution is 2.33. The second-order valence-electron chi connectivity index (χ2n) is 8.94. The summed E-state index contributed by atoms with van der Waals surface area (Å²) in [4.78, 5) is 34.0. The van der Waals surface area contributed by atoms with Crippen molar-refractivity contribution in [1.29, 1.82) is 0 Å². The highest BCUT2D eigenvalue weighted by molar-refractivity contribution is 7.09. The molecule has 1 aromatic carbocycles. The van der Waals surface area contributed by atoms with Crippen LogP contribution in [0.25, 0.3) is 11.1 Å². The van der Waals surface area contributed by atoms with E-state index in [1.165, 1.54) is 16.9 Å². The Morgan fingerprint density at radius 1 is 1.08 bits per heavy atom. The molecule has 0 aliphatic heterocycles. The number of nitrogens with two attached hydrogens (primary N) is 1. The van der Waals surface area contributed by atoms with Crippen LogP contribution < -0.4 is 11.1 Å². The molecule has 2 aromatic heterocycles. The lowest BCUT2D eigenvalue weighted by atomic mass is 9.88. The molecule has 0 radical (unpaired) electrons. The maximum absolute atomic E-state index is 13.0. The Bertz CT molecular complexity index is 1200. The number of hydrogen-bond donors (Lipinski definition) is 2. The number of halogens is 2. The van der Waals surface area contributed by atoms with Gasteiger partial charge >= 0.3 is 5.97 Å². The van der Waals surface area contributed by atoms with Crippen LogP contribution in [0.2, 0.25) is 0 Å². The van der Waals surface area contributed by atoms with E-state index in [0.29, 0.717) is 24.1 Å². The number of ether oxygens (including phenoxy) is 1. The third-order valence-corrected chi connectivity index (χ3v) is 6.50. The molecule has 202 valence electrons. The minimum Gasteiger partial charge on any atom is -0.461 e. The van der Waals surface area contributed by atoms with Crippen LogP contribution in [0.1, 0.15) is 64.3 Å². The predicted molar refractivity (Wildman–Crippen MR) is 154 cm³/mol. The zero-order chi connectivity index (χ0) is 25.5. The van der Waals surface area contributed by atoms with Crippen molar-refractivity contribution in [1.82, 2.24) is 15.3 Å². The topological polar surface area (TPSA) is 107 Å². The van der Waals surface area contributed by atoms with Gasteiger partial charge in [0.2, 0.25) is 5.91 Å². The van der Waals surface area contributed by atoms with E-state index in [1.54, 1.807) is 12.3 Å². The van der Waals surface area contributed by atoms with Crippen LogP contribution in [0.15, 0.2) is 29.6 Å². The zero-order valence-electron chi connectivity index (χ0n) is 21.9. The lowest BCUT2D eigenvalue weighted by molar-refractivity contribution is -0.120.